The molecule has 0 aromatic rings. The molecule has 0 aliphatic heterocycles. The molecule has 3 nitrogen and oxygen atoms in total. The summed E-state index contributed by atoms with van der Waals surface area (Å²) in [4.78, 5) is 11.4. The van der Waals surface area contributed by atoms with Crippen LogP contribution in [0.1, 0.15) is 123 Å². The van der Waals surface area contributed by atoms with Gasteiger partial charge in [0.1, 0.15) is 0 Å². The molecule has 26 heavy (non-hydrogen) atoms. The van der Waals surface area contributed by atoms with E-state index in [9.17, 15) is 4.79 Å². The van der Waals surface area contributed by atoms with Crippen LogP contribution < -0.4 is 5.32 Å². The maximum atomic E-state index is 11.4. The molecule has 0 saturated heterocycles. The van der Waals surface area contributed by atoms with Crippen molar-refractivity contribution in [1.29, 1.82) is 0 Å². The third-order valence-corrected chi connectivity index (χ3v) is 5.48. The van der Waals surface area contributed by atoms with Crippen LogP contribution >= 0.6 is 0 Å². The average molecular weight is 370 g/mol. The molecule has 0 fully saturated rings. The number of nitrogens with one attached hydrogen (secondary N) is 1. The van der Waals surface area contributed by atoms with Crippen LogP contribution in [0.25, 0.3) is 0 Å². The summed E-state index contributed by atoms with van der Waals surface area (Å²) in [7, 11) is 0. The molecule has 1 atom stereocenters. The van der Waals surface area contributed by atoms with E-state index in [0.717, 1.165) is 18.8 Å². The number of rotatable bonds is 20. The highest BCUT2D eigenvalue weighted by Crippen LogP contribution is 2.16. The second-order valence-electron chi connectivity index (χ2n) is 8.08. The van der Waals surface area contributed by atoms with Crippen LogP contribution in [0, 0.1) is 5.92 Å². The fourth-order valence-electron chi connectivity index (χ4n) is 3.39. The molecule has 1 amide bonds. The summed E-state index contributed by atoms with van der Waals surface area (Å²) >= 11 is 0. The maximum Gasteiger partial charge on any atom is 0.220 e. The number of carbonyl (C=O) groups excluding carboxylic acids is 1. The van der Waals surface area contributed by atoms with E-state index in [2.05, 4.69) is 19.2 Å². The fourth-order valence-corrected chi connectivity index (χ4v) is 3.39. The summed E-state index contributed by atoms with van der Waals surface area (Å²) < 4.78 is 0. The van der Waals surface area contributed by atoms with E-state index in [-0.39, 0.29) is 12.5 Å². The van der Waals surface area contributed by atoms with E-state index in [0.29, 0.717) is 13.0 Å². The van der Waals surface area contributed by atoms with Crippen LogP contribution in [-0.4, -0.2) is 24.2 Å². The van der Waals surface area contributed by atoms with Gasteiger partial charge in [0.05, 0.1) is 6.61 Å². The first kappa shape index (κ1) is 25.4. The van der Waals surface area contributed by atoms with Crippen molar-refractivity contribution < 1.29 is 9.90 Å². The predicted octanol–water partition coefficient (Wildman–Crippen LogP) is 6.38. The van der Waals surface area contributed by atoms with Crippen LogP contribution in [0.15, 0.2) is 0 Å². The first-order valence-electron chi connectivity index (χ1n) is 11.6. The van der Waals surface area contributed by atoms with Gasteiger partial charge in [-0.15, -0.1) is 0 Å². The molecule has 0 rings (SSSR count). The van der Waals surface area contributed by atoms with Crippen LogP contribution in [0.5, 0.6) is 0 Å². The topological polar surface area (TPSA) is 49.3 Å². The maximum absolute atomic E-state index is 11.4. The summed E-state index contributed by atoms with van der Waals surface area (Å²) in [6.45, 7) is 5.09. The van der Waals surface area contributed by atoms with Gasteiger partial charge in [-0.05, 0) is 12.3 Å². The molecule has 156 valence electrons. The lowest BCUT2D eigenvalue weighted by Crippen LogP contribution is -2.25. The SMILES string of the molecule is CCC(C)CCCCCCCCCCCCCCCCC(=O)NCCO. The predicted molar refractivity (Wildman–Crippen MR) is 113 cm³/mol. The van der Waals surface area contributed by atoms with E-state index < -0.39 is 0 Å². The number of carbonyl (C=O) groups is 1. The minimum absolute atomic E-state index is 0.0319. The van der Waals surface area contributed by atoms with E-state index in [4.69, 9.17) is 5.11 Å². The Morgan fingerprint density at radius 1 is 0.769 bits per heavy atom. The van der Waals surface area contributed by atoms with Gasteiger partial charge in [-0.2, -0.15) is 0 Å². The zero-order valence-electron chi connectivity index (χ0n) is 17.9. The van der Waals surface area contributed by atoms with Crippen molar-refractivity contribution in [2.75, 3.05) is 13.2 Å². The Bertz CT molecular complexity index is 294. The van der Waals surface area contributed by atoms with E-state index >= 15 is 0 Å². The van der Waals surface area contributed by atoms with Gasteiger partial charge < -0.3 is 10.4 Å². The number of aliphatic hydroxyl groups is 1. The van der Waals surface area contributed by atoms with Crippen molar-refractivity contribution in [3.63, 3.8) is 0 Å². The van der Waals surface area contributed by atoms with Gasteiger partial charge in [0, 0.05) is 13.0 Å². The van der Waals surface area contributed by atoms with Crippen LogP contribution in [0.2, 0.25) is 0 Å². The van der Waals surface area contributed by atoms with Crippen LogP contribution in [0.4, 0.5) is 0 Å². The highest BCUT2D eigenvalue weighted by Gasteiger charge is 2.00. The van der Waals surface area contributed by atoms with Crippen molar-refractivity contribution in [2.24, 2.45) is 5.92 Å². The molecule has 0 saturated carbocycles. The van der Waals surface area contributed by atoms with E-state index in [1.807, 2.05) is 0 Å². The van der Waals surface area contributed by atoms with Crippen LogP contribution in [0.3, 0.4) is 0 Å². The largest absolute Gasteiger partial charge is 0.395 e. The van der Waals surface area contributed by atoms with Gasteiger partial charge in [-0.25, -0.2) is 0 Å². The molecule has 0 aromatic heterocycles. The molecule has 2 N–H and O–H groups in total. The molecule has 0 bridgehead atoms. The zero-order valence-corrected chi connectivity index (χ0v) is 17.9. The normalized spacial score (nSPS) is 12.3. The monoisotopic (exact) mass is 369 g/mol. The van der Waals surface area contributed by atoms with Gasteiger partial charge in [-0.3, -0.25) is 4.79 Å². The Morgan fingerprint density at radius 2 is 1.19 bits per heavy atom. The van der Waals surface area contributed by atoms with Crippen molar-refractivity contribution in [3.05, 3.63) is 0 Å². The van der Waals surface area contributed by atoms with Gasteiger partial charge in [-0.1, -0.05) is 110 Å². The Balaban J connectivity index is 3.08. The zero-order chi connectivity index (χ0) is 19.3. The lowest BCUT2D eigenvalue weighted by Gasteiger charge is -2.07. The van der Waals surface area contributed by atoms with Gasteiger partial charge >= 0.3 is 0 Å². The fraction of sp³-hybridized carbons (Fsp3) is 0.957. The molecular weight excluding hydrogens is 322 g/mol. The standard InChI is InChI=1S/C23H47NO2/c1-3-22(2)18-16-14-12-10-8-6-4-5-7-9-11-13-15-17-19-23(26)24-20-21-25/h22,25H,3-21H2,1-2H3,(H,24,26). The molecule has 1 unspecified atom stereocenters. The highest BCUT2D eigenvalue weighted by atomic mass is 16.3. The molecule has 0 heterocycles. The number of aliphatic hydroxyl groups excluding tert-OH is 1. The molecule has 0 spiro atoms. The molecule has 0 radical (unpaired) electrons. The van der Waals surface area contributed by atoms with E-state index in [1.54, 1.807) is 0 Å². The first-order chi connectivity index (χ1) is 12.7. The van der Waals surface area contributed by atoms with Crippen LogP contribution in [-0.2, 0) is 4.79 Å². The minimum atomic E-state index is 0.0319. The van der Waals surface area contributed by atoms with Crippen molar-refractivity contribution >= 4 is 5.91 Å². The number of amides is 1. The Labute approximate surface area is 163 Å². The Kier molecular flexibility index (Phi) is 20.3. The molecule has 0 aromatic carbocycles. The lowest BCUT2D eigenvalue weighted by atomic mass is 9.99. The third kappa shape index (κ3) is 19.8. The summed E-state index contributed by atoms with van der Waals surface area (Å²) in [5, 5.41) is 11.3. The van der Waals surface area contributed by atoms with Gasteiger partial charge in [0.15, 0.2) is 0 Å². The smallest absolute Gasteiger partial charge is 0.220 e. The van der Waals surface area contributed by atoms with Crippen molar-refractivity contribution in [1.82, 2.24) is 5.32 Å². The highest BCUT2D eigenvalue weighted by molar-refractivity contribution is 5.75. The summed E-state index contributed by atoms with van der Waals surface area (Å²) in [6, 6.07) is 0. The molecule has 3 heteroatoms. The Morgan fingerprint density at radius 3 is 1.62 bits per heavy atom. The molecule has 0 aliphatic carbocycles. The summed E-state index contributed by atoms with van der Waals surface area (Å²) in [5.41, 5.74) is 0. The number of hydrogen-bond acceptors (Lipinski definition) is 2. The molecule has 0 aliphatic rings. The molecular formula is C23H47NO2. The number of hydrogen-bond donors (Lipinski definition) is 2. The second-order valence-corrected chi connectivity index (χ2v) is 8.08. The van der Waals surface area contributed by atoms with E-state index in [1.165, 1.54) is 89.9 Å². The quantitative estimate of drug-likeness (QED) is 0.244. The average Bonchev–Trinajstić information content (AvgIpc) is 2.65. The first-order valence-corrected chi connectivity index (χ1v) is 11.6. The van der Waals surface area contributed by atoms with Crippen molar-refractivity contribution in [2.45, 2.75) is 123 Å². The summed E-state index contributed by atoms with van der Waals surface area (Å²) in [6.07, 6.45) is 22.2. The van der Waals surface area contributed by atoms with Gasteiger partial charge in [0.25, 0.3) is 0 Å². The third-order valence-electron chi connectivity index (χ3n) is 5.48. The van der Waals surface area contributed by atoms with Gasteiger partial charge in [0.2, 0.25) is 5.91 Å². The minimum Gasteiger partial charge on any atom is -0.395 e. The van der Waals surface area contributed by atoms with Crippen molar-refractivity contribution in [3.8, 4) is 0 Å². The second kappa shape index (κ2) is 20.7. The lowest BCUT2D eigenvalue weighted by molar-refractivity contribution is -0.121. The Hall–Kier alpha value is -0.570. The summed E-state index contributed by atoms with van der Waals surface area (Å²) in [5.74, 6) is 1.00. The number of unbranched alkanes of at least 4 members (excludes halogenated alkanes) is 13.